The molecule has 0 N–H and O–H groups in total. The summed E-state index contributed by atoms with van der Waals surface area (Å²) in [7, 11) is -2.22. The van der Waals surface area contributed by atoms with Crippen molar-refractivity contribution < 1.29 is 27.0 Å². The minimum absolute atomic E-state index is 0.00952. The van der Waals surface area contributed by atoms with Gasteiger partial charge in [-0.25, -0.2) is 12.8 Å². The van der Waals surface area contributed by atoms with Gasteiger partial charge in [0, 0.05) is 13.1 Å². The third kappa shape index (κ3) is 4.90. The Labute approximate surface area is 203 Å². The number of para-hydroxylation sites is 1. The molecule has 10 heteroatoms. The van der Waals surface area contributed by atoms with Crippen LogP contribution < -0.4 is 19.1 Å². The first-order chi connectivity index (χ1) is 16.3. The average molecular weight is 507 g/mol. The number of halogens is 2. The van der Waals surface area contributed by atoms with Gasteiger partial charge in [-0.3, -0.25) is 0 Å². The van der Waals surface area contributed by atoms with Gasteiger partial charge in [-0.05, 0) is 42.8 Å². The van der Waals surface area contributed by atoms with Crippen LogP contribution in [0.15, 0.2) is 53.4 Å². The molecule has 34 heavy (non-hydrogen) atoms. The highest BCUT2D eigenvalue weighted by atomic mass is 35.5. The molecular formula is C24H24ClFN2O5S. The SMILES string of the molecule is CCCCN1CCS(=O)(=O)c2c(Cl)c(Oc3ccccc3F)nc(Oc3ccc(OC)cc3)c21. The molecule has 0 saturated carbocycles. The highest BCUT2D eigenvalue weighted by Gasteiger charge is 2.37. The number of pyridine rings is 1. The van der Waals surface area contributed by atoms with E-state index in [-0.39, 0.29) is 45.4 Å². The first kappa shape index (κ1) is 24.1. The summed E-state index contributed by atoms with van der Waals surface area (Å²) in [5.74, 6) is -0.0897. The molecular weight excluding hydrogens is 483 g/mol. The fraction of sp³-hybridized carbons (Fsp3) is 0.292. The Morgan fingerprint density at radius 1 is 1.06 bits per heavy atom. The Morgan fingerprint density at radius 3 is 2.44 bits per heavy atom. The second kappa shape index (κ2) is 10.1. The molecule has 0 unspecified atom stereocenters. The minimum atomic E-state index is -3.77. The number of fused-ring (bicyclic) bond motifs is 1. The Morgan fingerprint density at radius 2 is 1.76 bits per heavy atom. The lowest BCUT2D eigenvalue weighted by molar-refractivity contribution is 0.401. The average Bonchev–Trinajstić information content (AvgIpc) is 2.82. The third-order valence-corrected chi connectivity index (χ3v) is 7.57. The maximum absolute atomic E-state index is 14.3. The maximum atomic E-state index is 14.3. The number of hydrogen-bond acceptors (Lipinski definition) is 7. The molecule has 180 valence electrons. The Bertz CT molecular complexity index is 1290. The Kier molecular flexibility index (Phi) is 7.13. The fourth-order valence-electron chi connectivity index (χ4n) is 3.60. The lowest BCUT2D eigenvalue weighted by Crippen LogP contribution is -2.36. The van der Waals surface area contributed by atoms with Crippen molar-refractivity contribution in [3.8, 4) is 29.0 Å². The number of unbranched alkanes of at least 4 members (excludes halogenated alkanes) is 1. The molecule has 2 heterocycles. The molecule has 0 radical (unpaired) electrons. The first-order valence-electron chi connectivity index (χ1n) is 10.8. The van der Waals surface area contributed by atoms with Crippen LogP contribution in [0.2, 0.25) is 5.02 Å². The van der Waals surface area contributed by atoms with Gasteiger partial charge in [-0.1, -0.05) is 37.1 Å². The van der Waals surface area contributed by atoms with Crippen LogP contribution in [-0.2, 0) is 9.84 Å². The van der Waals surface area contributed by atoms with E-state index in [9.17, 15) is 12.8 Å². The number of methoxy groups -OCH3 is 1. The van der Waals surface area contributed by atoms with Crippen LogP contribution >= 0.6 is 11.6 Å². The molecule has 1 aromatic heterocycles. The monoisotopic (exact) mass is 506 g/mol. The number of aromatic nitrogens is 1. The quantitative estimate of drug-likeness (QED) is 0.378. The predicted molar refractivity (Wildman–Crippen MR) is 128 cm³/mol. The largest absolute Gasteiger partial charge is 0.497 e. The molecule has 3 aromatic rings. The van der Waals surface area contributed by atoms with Crippen molar-refractivity contribution in [2.24, 2.45) is 0 Å². The number of sulfone groups is 1. The summed E-state index contributed by atoms with van der Waals surface area (Å²) in [4.78, 5) is 6.19. The van der Waals surface area contributed by atoms with E-state index >= 15 is 0 Å². The smallest absolute Gasteiger partial charge is 0.247 e. The lowest BCUT2D eigenvalue weighted by atomic mass is 10.2. The number of anilines is 1. The van der Waals surface area contributed by atoms with E-state index in [1.807, 2.05) is 11.8 Å². The van der Waals surface area contributed by atoms with Crippen molar-refractivity contribution in [2.45, 2.75) is 24.7 Å². The van der Waals surface area contributed by atoms with Crippen LogP contribution in [0.4, 0.5) is 10.1 Å². The Balaban J connectivity index is 1.88. The zero-order chi connectivity index (χ0) is 24.3. The molecule has 1 aliphatic heterocycles. The summed E-state index contributed by atoms with van der Waals surface area (Å²) in [6.45, 7) is 2.93. The van der Waals surface area contributed by atoms with E-state index in [1.54, 1.807) is 37.4 Å². The molecule has 0 saturated heterocycles. The second-order valence-corrected chi connectivity index (χ2v) is 10.1. The van der Waals surface area contributed by atoms with Crippen molar-refractivity contribution in [1.29, 1.82) is 0 Å². The number of rotatable bonds is 8. The normalized spacial score (nSPS) is 14.4. The molecule has 4 rings (SSSR count). The van der Waals surface area contributed by atoms with Gasteiger partial charge >= 0.3 is 0 Å². The molecule has 7 nitrogen and oxygen atoms in total. The van der Waals surface area contributed by atoms with Crippen LogP contribution in [0.3, 0.4) is 0 Å². The van der Waals surface area contributed by atoms with Crippen molar-refractivity contribution in [3.63, 3.8) is 0 Å². The van der Waals surface area contributed by atoms with Crippen LogP contribution in [-0.4, -0.2) is 39.4 Å². The number of benzene rings is 2. The van der Waals surface area contributed by atoms with Crippen LogP contribution in [0.25, 0.3) is 0 Å². The molecule has 0 fully saturated rings. The molecule has 0 bridgehead atoms. The third-order valence-electron chi connectivity index (χ3n) is 5.36. The van der Waals surface area contributed by atoms with E-state index in [4.69, 9.17) is 25.8 Å². The number of hydrogen-bond donors (Lipinski definition) is 0. The van der Waals surface area contributed by atoms with Gasteiger partial charge < -0.3 is 19.1 Å². The lowest BCUT2D eigenvalue weighted by Gasteiger charge is -2.32. The number of ether oxygens (including phenoxy) is 3. The molecule has 0 aliphatic carbocycles. The van der Waals surface area contributed by atoms with Gasteiger partial charge in [-0.2, -0.15) is 4.98 Å². The van der Waals surface area contributed by atoms with Gasteiger partial charge in [0.25, 0.3) is 0 Å². The van der Waals surface area contributed by atoms with E-state index in [0.29, 0.717) is 18.0 Å². The fourth-order valence-corrected chi connectivity index (χ4v) is 5.66. The van der Waals surface area contributed by atoms with Crippen LogP contribution in [0.5, 0.6) is 29.0 Å². The first-order valence-corrected chi connectivity index (χ1v) is 12.8. The topological polar surface area (TPSA) is 78.0 Å². The van der Waals surface area contributed by atoms with Crippen molar-refractivity contribution >= 4 is 27.1 Å². The van der Waals surface area contributed by atoms with E-state index in [1.165, 1.54) is 18.2 Å². The minimum Gasteiger partial charge on any atom is -0.497 e. The number of nitrogens with zero attached hydrogens (tertiary/aromatic N) is 2. The van der Waals surface area contributed by atoms with Crippen molar-refractivity contribution in [3.05, 3.63) is 59.4 Å². The van der Waals surface area contributed by atoms with Gasteiger partial charge in [0.1, 0.15) is 27.1 Å². The van der Waals surface area contributed by atoms with Crippen LogP contribution in [0, 0.1) is 5.82 Å². The maximum Gasteiger partial charge on any atom is 0.247 e. The standard InChI is InChI=1S/C24H24ClFN2O5S/c1-3-4-13-28-14-15-34(29,30)22-20(25)23(33-19-8-6-5-7-18(19)26)27-24(21(22)28)32-17-11-9-16(31-2)10-12-17/h5-12H,3-4,13-15H2,1-2H3. The van der Waals surface area contributed by atoms with E-state index < -0.39 is 15.7 Å². The van der Waals surface area contributed by atoms with Crippen LogP contribution in [0.1, 0.15) is 19.8 Å². The zero-order valence-corrected chi connectivity index (χ0v) is 20.3. The summed E-state index contributed by atoms with van der Waals surface area (Å²) in [6, 6.07) is 12.5. The molecule has 1 aliphatic rings. The summed E-state index contributed by atoms with van der Waals surface area (Å²) >= 11 is 6.54. The van der Waals surface area contributed by atoms with Crippen molar-refractivity contribution in [1.82, 2.24) is 4.98 Å². The Hall–Kier alpha value is -3.04. The highest BCUT2D eigenvalue weighted by molar-refractivity contribution is 7.91. The molecule has 2 aromatic carbocycles. The van der Waals surface area contributed by atoms with Gasteiger partial charge in [-0.15, -0.1) is 0 Å². The highest BCUT2D eigenvalue weighted by Crippen LogP contribution is 2.47. The van der Waals surface area contributed by atoms with Crippen molar-refractivity contribution in [2.75, 3.05) is 30.9 Å². The summed E-state index contributed by atoms with van der Waals surface area (Å²) in [6.07, 6.45) is 1.76. The van der Waals surface area contributed by atoms with Gasteiger partial charge in [0.2, 0.25) is 11.8 Å². The summed E-state index contributed by atoms with van der Waals surface area (Å²) in [5.41, 5.74) is 0.279. The predicted octanol–water partition coefficient (Wildman–Crippen LogP) is 5.86. The second-order valence-electron chi connectivity index (χ2n) is 7.68. The molecule has 0 spiro atoms. The summed E-state index contributed by atoms with van der Waals surface area (Å²) < 4.78 is 57.4. The zero-order valence-electron chi connectivity index (χ0n) is 18.8. The van der Waals surface area contributed by atoms with E-state index in [0.717, 1.165) is 12.8 Å². The van der Waals surface area contributed by atoms with Gasteiger partial charge in [0.05, 0.1) is 12.9 Å². The summed E-state index contributed by atoms with van der Waals surface area (Å²) in [5, 5.41) is -0.207. The molecule has 0 atom stereocenters. The van der Waals surface area contributed by atoms with Gasteiger partial charge in [0.15, 0.2) is 21.4 Å². The van der Waals surface area contributed by atoms with E-state index in [2.05, 4.69) is 4.98 Å². The molecule has 0 amide bonds.